The Bertz CT molecular complexity index is 337. The van der Waals surface area contributed by atoms with E-state index >= 15 is 0 Å². The van der Waals surface area contributed by atoms with E-state index in [0.717, 1.165) is 0 Å². The van der Waals surface area contributed by atoms with E-state index in [9.17, 15) is 4.79 Å². The van der Waals surface area contributed by atoms with Gasteiger partial charge in [-0.3, -0.25) is 9.63 Å². The minimum absolute atomic E-state index is 0.0781. The first-order valence-corrected chi connectivity index (χ1v) is 4.02. The number of rotatable bonds is 1. The van der Waals surface area contributed by atoms with Crippen molar-refractivity contribution in [1.82, 2.24) is 0 Å². The molecule has 1 fully saturated rings. The van der Waals surface area contributed by atoms with Gasteiger partial charge in [0.05, 0.1) is 18.7 Å². The van der Waals surface area contributed by atoms with Gasteiger partial charge in [0.2, 0.25) is 0 Å². The first-order valence-electron chi connectivity index (χ1n) is 4.02. The van der Waals surface area contributed by atoms with Gasteiger partial charge in [0.25, 0.3) is 5.91 Å². The van der Waals surface area contributed by atoms with Crippen molar-refractivity contribution in [2.75, 3.05) is 11.7 Å². The highest BCUT2D eigenvalue weighted by Gasteiger charge is 2.23. The molecule has 1 aliphatic rings. The molecule has 1 aromatic carbocycles. The maximum Gasteiger partial charge on any atom is 0.253 e. The molecule has 0 unspecified atom stereocenters. The summed E-state index contributed by atoms with van der Waals surface area (Å²) in [4.78, 5) is 16.3. The van der Waals surface area contributed by atoms with E-state index in [-0.39, 0.29) is 11.7 Å². The molecule has 1 heterocycles. The average Bonchev–Trinajstić information content (AvgIpc) is 2.51. The minimum Gasteiger partial charge on any atom is -0.508 e. The lowest BCUT2D eigenvalue weighted by molar-refractivity contribution is -0.119. The molecule has 4 nitrogen and oxygen atoms in total. The molecular formula is C9H9NO3. The second-order valence-electron chi connectivity index (χ2n) is 2.79. The first-order chi connectivity index (χ1) is 6.27. The molecule has 0 radical (unpaired) electrons. The van der Waals surface area contributed by atoms with Crippen LogP contribution in [0.5, 0.6) is 5.75 Å². The lowest BCUT2D eigenvalue weighted by Gasteiger charge is -2.13. The lowest BCUT2D eigenvalue weighted by Crippen LogP contribution is -2.21. The summed E-state index contributed by atoms with van der Waals surface area (Å²) >= 11 is 0. The van der Waals surface area contributed by atoms with Gasteiger partial charge in [-0.1, -0.05) is 6.07 Å². The van der Waals surface area contributed by atoms with Crippen LogP contribution in [0.3, 0.4) is 0 Å². The molecule has 0 aromatic heterocycles. The van der Waals surface area contributed by atoms with Gasteiger partial charge < -0.3 is 5.11 Å². The van der Waals surface area contributed by atoms with E-state index in [1.165, 1.54) is 11.1 Å². The van der Waals surface area contributed by atoms with Crippen LogP contribution in [-0.2, 0) is 9.63 Å². The van der Waals surface area contributed by atoms with Crippen molar-refractivity contribution in [2.24, 2.45) is 0 Å². The summed E-state index contributed by atoms with van der Waals surface area (Å²) in [6.45, 7) is 0.411. The number of phenols is 1. The molecule has 1 amide bonds. The quantitative estimate of drug-likeness (QED) is 0.701. The average molecular weight is 179 g/mol. The SMILES string of the molecule is O=C1CCON1c1cccc(O)c1. The van der Waals surface area contributed by atoms with E-state index in [4.69, 9.17) is 9.94 Å². The van der Waals surface area contributed by atoms with Crippen LogP contribution >= 0.6 is 0 Å². The number of carbonyl (C=O) groups excluding carboxylic acids is 1. The molecular weight excluding hydrogens is 170 g/mol. The van der Waals surface area contributed by atoms with E-state index < -0.39 is 0 Å². The molecule has 13 heavy (non-hydrogen) atoms. The minimum atomic E-state index is -0.0781. The summed E-state index contributed by atoms with van der Waals surface area (Å²) in [6.07, 6.45) is 0.398. The Morgan fingerprint density at radius 2 is 2.31 bits per heavy atom. The Hall–Kier alpha value is -1.55. The monoisotopic (exact) mass is 179 g/mol. The molecule has 4 heteroatoms. The summed E-state index contributed by atoms with van der Waals surface area (Å²) in [5.41, 5.74) is 0.572. The molecule has 1 aliphatic heterocycles. The number of hydrogen-bond donors (Lipinski definition) is 1. The van der Waals surface area contributed by atoms with Crippen molar-refractivity contribution in [3.63, 3.8) is 0 Å². The third-order valence-electron chi connectivity index (χ3n) is 1.83. The third-order valence-corrected chi connectivity index (χ3v) is 1.83. The second kappa shape index (κ2) is 3.06. The highest BCUT2D eigenvalue weighted by atomic mass is 16.7. The maximum absolute atomic E-state index is 11.2. The number of benzene rings is 1. The van der Waals surface area contributed by atoms with Crippen LogP contribution in [0.4, 0.5) is 5.69 Å². The zero-order valence-corrected chi connectivity index (χ0v) is 6.93. The molecule has 0 saturated carbocycles. The van der Waals surface area contributed by atoms with Gasteiger partial charge >= 0.3 is 0 Å². The van der Waals surface area contributed by atoms with Crippen LogP contribution in [0.25, 0.3) is 0 Å². The number of aromatic hydroxyl groups is 1. The van der Waals surface area contributed by atoms with E-state index in [1.807, 2.05) is 0 Å². The fourth-order valence-electron chi connectivity index (χ4n) is 1.24. The lowest BCUT2D eigenvalue weighted by atomic mass is 10.3. The van der Waals surface area contributed by atoms with E-state index in [1.54, 1.807) is 18.2 Å². The summed E-state index contributed by atoms with van der Waals surface area (Å²) in [7, 11) is 0. The molecule has 68 valence electrons. The van der Waals surface area contributed by atoms with Gasteiger partial charge in [-0.25, -0.2) is 0 Å². The summed E-state index contributed by atoms with van der Waals surface area (Å²) in [5.74, 6) is 0.0476. The summed E-state index contributed by atoms with van der Waals surface area (Å²) < 4.78 is 0. The normalized spacial score (nSPS) is 16.6. The van der Waals surface area contributed by atoms with Crippen LogP contribution in [-0.4, -0.2) is 17.6 Å². The Morgan fingerprint density at radius 1 is 1.46 bits per heavy atom. The Balaban J connectivity index is 2.29. The van der Waals surface area contributed by atoms with Crippen molar-refractivity contribution >= 4 is 11.6 Å². The highest BCUT2D eigenvalue weighted by molar-refractivity contribution is 5.92. The predicted molar refractivity (Wildman–Crippen MR) is 46.2 cm³/mol. The van der Waals surface area contributed by atoms with Gasteiger partial charge in [-0.05, 0) is 12.1 Å². The number of anilines is 1. The van der Waals surface area contributed by atoms with Crippen LogP contribution < -0.4 is 5.06 Å². The first kappa shape index (κ1) is 8.07. The number of hydrogen-bond acceptors (Lipinski definition) is 3. The standard InChI is InChI=1S/C9H9NO3/c11-8-3-1-2-7(6-8)10-9(12)4-5-13-10/h1-3,6,11H,4-5H2. The van der Waals surface area contributed by atoms with Gasteiger partial charge in [-0.15, -0.1) is 0 Å². The van der Waals surface area contributed by atoms with Gasteiger partial charge in [0.15, 0.2) is 0 Å². The summed E-state index contributed by atoms with van der Waals surface area (Å²) in [5, 5.41) is 10.4. The van der Waals surface area contributed by atoms with Crippen LogP contribution in [0, 0.1) is 0 Å². The van der Waals surface area contributed by atoms with Crippen LogP contribution in [0.2, 0.25) is 0 Å². The molecule has 2 rings (SSSR count). The molecule has 0 spiro atoms. The largest absolute Gasteiger partial charge is 0.508 e. The van der Waals surface area contributed by atoms with Crippen molar-refractivity contribution in [3.8, 4) is 5.75 Å². The van der Waals surface area contributed by atoms with Crippen molar-refractivity contribution in [3.05, 3.63) is 24.3 Å². The highest BCUT2D eigenvalue weighted by Crippen LogP contribution is 2.23. The fraction of sp³-hybridized carbons (Fsp3) is 0.222. The van der Waals surface area contributed by atoms with Crippen LogP contribution in [0.1, 0.15) is 6.42 Å². The molecule has 0 aliphatic carbocycles. The van der Waals surface area contributed by atoms with Gasteiger partial charge in [0, 0.05) is 6.07 Å². The Kier molecular flexibility index (Phi) is 1.90. The number of carbonyl (C=O) groups is 1. The zero-order chi connectivity index (χ0) is 9.26. The van der Waals surface area contributed by atoms with Gasteiger partial charge in [-0.2, -0.15) is 5.06 Å². The molecule has 0 bridgehead atoms. The molecule has 1 saturated heterocycles. The topological polar surface area (TPSA) is 49.8 Å². The van der Waals surface area contributed by atoms with Crippen LogP contribution in [0.15, 0.2) is 24.3 Å². The summed E-state index contributed by atoms with van der Waals surface area (Å²) in [6, 6.07) is 6.41. The predicted octanol–water partition coefficient (Wildman–Crippen LogP) is 1.06. The van der Waals surface area contributed by atoms with Crippen molar-refractivity contribution in [1.29, 1.82) is 0 Å². The van der Waals surface area contributed by atoms with E-state index in [0.29, 0.717) is 18.7 Å². The Labute approximate surface area is 75.3 Å². The second-order valence-corrected chi connectivity index (χ2v) is 2.79. The smallest absolute Gasteiger partial charge is 0.253 e. The number of amides is 1. The molecule has 1 N–H and O–H groups in total. The number of nitrogens with zero attached hydrogens (tertiary/aromatic N) is 1. The number of hydroxylamine groups is 1. The van der Waals surface area contributed by atoms with Gasteiger partial charge in [0.1, 0.15) is 5.75 Å². The zero-order valence-electron chi connectivity index (χ0n) is 6.93. The third kappa shape index (κ3) is 1.48. The van der Waals surface area contributed by atoms with Crippen molar-refractivity contribution < 1.29 is 14.7 Å². The van der Waals surface area contributed by atoms with Crippen molar-refractivity contribution in [2.45, 2.75) is 6.42 Å². The molecule has 1 aromatic rings. The van der Waals surface area contributed by atoms with E-state index in [2.05, 4.69) is 0 Å². The number of phenolic OH excluding ortho intramolecular Hbond substituents is 1. The maximum atomic E-state index is 11.2. The fourth-order valence-corrected chi connectivity index (χ4v) is 1.24. The molecule has 0 atom stereocenters. The Morgan fingerprint density at radius 3 is 2.92 bits per heavy atom.